The minimum Gasteiger partial charge on any atom is -0.368 e. The molecule has 1 aromatic heterocycles. The van der Waals surface area contributed by atoms with Crippen LogP contribution in [0.5, 0.6) is 0 Å². The summed E-state index contributed by atoms with van der Waals surface area (Å²) >= 11 is 1.42. The summed E-state index contributed by atoms with van der Waals surface area (Å²) in [5, 5.41) is 4.44. The summed E-state index contributed by atoms with van der Waals surface area (Å²) in [6, 6.07) is 7.64. The van der Waals surface area contributed by atoms with E-state index < -0.39 is 23.8 Å². The molecule has 0 aliphatic carbocycles. The molecule has 1 fully saturated rings. The summed E-state index contributed by atoms with van der Waals surface area (Å²) in [6.07, 6.45) is -4.31. The summed E-state index contributed by atoms with van der Waals surface area (Å²) in [4.78, 5) is 28.3. The Morgan fingerprint density at radius 2 is 1.86 bits per heavy atom. The number of nitrogens with zero attached hydrogens (tertiary/aromatic N) is 2. The maximum Gasteiger partial charge on any atom is 0.416 e. The van der Waals surface area contributed by atoms with Crippen LogP contribution in [0.25, 0.3) is 0 Å². The molecule has 3 N–H and O–H groups in total. The number of amides is 3. The van der Waals surface area contributed by atoms with E-state index in [1.165, 1.54) is 17.4 Å². The fraction of sp³-hybridized carbons (Fsp3) is 0.368. The number of alkyl halides is 3. The van der Waals surface area contributed by atoms with E-state index in [2.05, 4.69) is 5.32 Å². The van der Waals surface area contributed by atoms with Gasteiger partial charge in [-0.05, 0) is 29.6 Å². The van der Waals surface area contributed by atoms with Crippen molar-refractivity contribution in [3.05, 3.63) is 52.2 Å². The first-order valence-corrected chi connectivity index (χ1v) is 9.91. The molecule has 2 heterocycles. The molecular formula is C19H21F3N4O2S. The Balaban J connectivity index is 1.60. The molecule has 1 atom stereocenters. The molecule has 29 heavy (non-hydrogen) atoms. The van der Waals surface area contributed by atoms with Gasteiger partial charge < -0.3 is 20.9 Å². The van der Waals surface area contributed by atoms with Crippen LogP contribution in [0.1, 0.15) is 22.9 Å². The summed E-state index contributed by atoms with van der Waals surface area (Å²) in [5.74, 6) is -0.138. The van der Waals surface area contributed by atoms with Crippen molar-refractivity contribution in [1.82, 2.24) is 10.2 Å². The molecule has 1 aliphatic rings. The zero-order valence-corrected chi connectivity index (χ0v) is 16.3. The van der Waals surface area contributed by atoms with Crippen LogP contribution in [0, 0.1) is 0 Å². The van der Waals surface area contributed by atoms with Crippen molar-refractivity contribution < 1.29 is 22.8 Å². The van der Waals surface area contributed by atoms with Gasteiger partial charge in [-0.3, -0.25) is 4.79 Å². The fourth-order valence-corrected chi connectivity index (χ4v) is 4.06. The zero-order chi connectivity index (χ0) is 21.0. The molecule has 0 bridgehead atoms. The number of carbonyl (C=O) groups excluding carboxylic acids is 2. The summed E-state index contributed by atoms with van der Waals surface area (Å²) in [6.45, 7) is 1.64. The maximum absolute atomic E-state index is 12.9. The smallest absolute Gasteiger partial charge is 0.368 e. The van der Waals surface area contributed by atoms with Crippen molar-refractivity contribution in [3.8, 4) is 0 Å². The third-order valence-corrected chi connectivity index (χ3v) is 5.74. The number of rotatable bonds is 5. The second-order valence-electron chi connectivity index (χ2n) is 6.70. The molecule has 0 spiro atoms. The second kappa shape index (κ2) is 8.73. The van der Waals surface area contributed by atoms with E-state index in [9.17, 15) is 22.8 Å². The minimum atomic E-state index is -4.39. The molecule has 0 saturated carbocycles. The summed E-state index contributed by atoms with van der Waals surface area (Å²) in [7, 11) is 0. The predicted octanol–water partition coefficient (Wildman–Crippen LogP) is 3.22. The van der Waals surface area contributed by atoms with Crippen LogP contribution in [-0.2, 0) is 11.0 Å². The van der Waals surface area contributed by atoms with E-state index >= 15 is 0 Å². The molecule has 156 valence electrons. The quantitative estimate of drug-likeness (QED) is 0.771. The minimum absolute atomic E-state index is 0.0764. The van der Waals surface area contributed by atoms with Gasteiger partial charge in [-0.1, -0.05) is 12.1 Å². The molecule has 2 aromatic rings. The van der Waals surface area contributed by atoms with Gasteiger partial charge in [0, 0.05) is 36.7 Å². The molecule has 1 saturated heterocycles. The average Bonchev–Trinajstić information content (AvgIpc) is 3.21. The lowest BCUT2D eigenvalue weighted by molar-refractivity contribution is -0.137. The summed E-state index contributed by atoms with van der Waals surface area (Å²) in [5.41, 5.74) is 5.02. The Morgan fingerprint density at radius 1 is 1.14 bits per heavy atom. The molecule has 3 amide bonds. The van der Waals surface area contributed by atoms with Crippen molar-refractivity contribution in [2.75, 3.05) is 31.1 Å². The average molecular weight is 426 g/mol. The van der Waals surface area contributed by atoms with E-state index in [0.29, 0.717) is 31.9 Å². The van der Waals surface area contributed by atoms with Crippen LogP contribution >= 0.6 is 11.3 Å². The monoisotopic (exact) mass is 426 g/mol. The third kappa shape index (κ3) is 5.41. The lowest BCUT2D eigenvalue weighted by Gasteiger charge is -2.37. The highest BCUT2D eigenvalue weighted by Crippen LogP contribution is 2.32. The standard InChI is InChI=1S/C19H21F3N4O2S/c20-19(21,22)13-3-1-4-14(11-13)25-6-8-26(9-7-25)17(27)12-15(24-18(23)28)16-5-2-10-29-16/h1-5,10-11,15H,6-9,12H2,(H3,23,24,28)/t15-/m1/s1. The number of piperazine rings is 1. The van der Waals surface area contributed by atoms with Crippen LogP contribution in [0.15, 0.2) is 41.8 Å². The number of primary amides is 1. The van der Waals surface area contributed by atoms with Crippen molar-refractivity contribution in [1.29, 1.82) is 0 Å². The Morgan fingerprint density at radius 3 is 2.45 bits per heavy atom. The fourth-order valence-electron chi connectivity index (χ4n) is 3.28. The van der Waals surface area contributed by atoms with Gasteiger partial charge in [0.1, 0.15) is 0 Å². The molecule has 0 radical (unpaired) electrons. The Bertz CT molecular complexity index is 849. The van der Waals surface area contributed by atoms with Crippen LogP contribution in [0.3, 0.4) is 0 Å². The number of thiophene rings is 1. The van der Waals surface area contributed by atoms with Crippen molar-refractivity contribution in [2.45, 2.75) is 18.6 Å². The highest BCUT2D eigenvalue weighted by Gasteiger charge is 2.31. The zero-order valence-electron chi connectivity index (χ0n) is 15.5. The van der Waals surface area contributed by atoms with Gasteiger partial charge in [0.25, 0.3) is 0 Å². The second-order valence-corrected chi connectivity index (χ2v) is 7.68. The van der Waals surface area contributed by atoms with Crippen LogP contribution < -0.4 is 16.0 Å². The van der Waals surface area contributed by atoms with Gasteiger partial charge in [0.05, 0.1) is 18.0 Å². The number of anilines is 1. The number of halogens is 3. The van der Waals surface area contributed by atoms with Gasteiger partial charge in [-0.2, -0.15) is 13.2 Å². The van der Waals surface area contributed by atoms with Crippen LogP contribution in [-0.4, -0.2) is 43.0 Å². The number of carbonyl (C=O) groups is 2. The molecule has 10 heteroatoms. The van der Waals surface area contributed by atoms with Gasteiger partial charge >= 0.3 is 12.2 Å². The van der Waals surface area contributed by atoms with Gasteiger partial charge in [0.2, 0.25) is 5.91 Å². The molecular weight excluding hydrogens is 405 g/mol. The van der Waals surface area contributed by atoms with E-state index in [4.69, 9.17) is 5.73 Å². The third-order valence-electron chi connectivity index (χ3n) is 4.75. The first kappa shape index (κ1) is 21.0. The largest absolute Gasteiger partial charge is 0.416 e. The number of nitrogens with two attached hydrogens (primary N) is 1. The van der Waals surface area contributed by atoms with Crippen LogP contribution in [0.4, 0.5) is 23.7 Å². The molecule has 1 aromatic carbocycles. The number of benzene rings is 1. The highest BCUT2D eigenvalue weighted by molar-refractivity contribution is 7.10. The van der Waals surface area contributed by atoms with Gasteiger partial charge in [-0.25, -0.2) is 4.79 Å². The Labute approximate surface area is 170 Å². The van der Waals surface area contributed by atoms with E-state index in [0.717, 1.165) is 17.0 Å². The number of urea groups is 1. The maximum atomic E-state index is 12.9. The normalized spacial score (nSPS) is 15.8. The van der Waals surface area contributed by atoms with Crippen molar-refractivity contribution in [3.63, 3.8) is 0 Å². The predicted molar refractivity (Wildman–Crippen MR) is 105 cm³/mol. The van der Waals surface area contributed by atoms with Crippen LogP contribution in [0.2, 0.25) is 0 Å². The number of hydrogen-bond acceptors (Lipinski definition) is 4. The van der Waals surface area contributed by atoms with Gasteiger partial charge in [0.15, 0.2) is 0 Å². The van der Waals surface area contributed by atoms with E-state index in [1.807, 2.05) is 22.4 Å². The SMILES string of the molecule is NC(=O)N[C@H](CC(=O)N1CCN(c2cccc(C(F)(F)F)c2)CC1)c1cccs1. The Kier molecular flexibility index (Phi) is 6.31. The van der Waals surface area contributed by atoms with E-state index in [1.54, 1.807) is 11.0 Å². The van der Waals surface area contributed by atoms with E-state index in [-0.39, 0.29) is 12.3 Å². The lowest BCUT2D eigenvalue weighted by Crippen LogP contribution is -2.49. The first-order valence-electron chi connectivity index (χ1n) is 9.03. The summed E-state index contributed by atoms with van der Waals surface area (Å²) < 4.78 is 38.8. The van der Waals surface area contributed by atoms with Gasteiger partial charge in [-0.15, -0.1) is 11.3 Å². The molecule has 0 unspecified atom stereocenters. The Hall–Kier alpha value is -2.75. The lowest BCUT2D eigenvalue weighted by atomic mass is 10.1. The molecule has 6 nitrogen and oxygen atoms in total. The van der Waals surface area contributed by atoms with Crippen molar-refractivity contribution >= 4 is 29.0 Å². The number of nitrogens with one attached hydrogen (secondary N) is 1. The number of hydrogen-bond donors (Lipinski definition) is 2. The topological polar surface area (TPSA) is 78.7 Å². The molecule has 3 rings (SSSR count). The highest BCUT2D eigenvalue weighted by atomic mass is 32.1. The first-order chi connectivity index (χ1) is 13.7. The van der Waals surface area contributed by atoms with Crippen molar-refractivity contribution in [2.24, 2.45) is 5.73 Å². The molecule has 1 aliphatic heterocycles.